The lowest BCUT2D eigenvalue weighted by molar-refractivity contribution is -0.138. The smallest absolute Gasteiger partial charge is 0.305 e. The van der Waals surface area contributed by atoms with Crippen LogP contribution in [0.5, 0.6) is 11.5 Å². The third-order valence-electron chi connectivity index (χ3n) is 5.97. The molecule has 0 radical (unpaired) electrons. The summed E-state index contributed by atoms with van der Waals surface area (Å²) in [6.07, 6.45) is 3.30. The van der Waals surface area contributed by atoms with E-state index in [2.05, 4.69) is 10.6 Å². The van der Waals surface area contributed by atoms with Crippen LogP contribution in [-0.4, -0.2) is 28.3 Å². The van der Waals surface area contributed by atoms with Gasteiger partial charge < -0.3 is 29.8 Å². The van der Waals surface area contributed by atoms with E-state index in [1.807, 2.05) is 24.4 Å². The fourth-order valence-corrected chi connectivity index (χ4v) is 4.75. The number of carboxylic acid groups (broad SMARTS) is 1. The summed E-state index contributed by atoms with van der Waals surface area (Å²) in [6.45, 7) is 2.61. The van der Waals surface area contributed by atoms with E-state index in [1.54, 1.807) is 47.9 Å². The van der Waals surface area contributed by atoms with Gasteiger partial charge in [-0.3, -0.25) is 14.4 Å². The van der Waals surface area contributed by atoms with Crippen molar-refractivity contribution < 1.29 is 24.2 Å². The van der Waals surface area contributed by atoms with E-state index in [4.69, 9.17) is 9.47 Å². The van der Waals surface area contributed by atoms with Crippen LogP contribution < -0.4 is 25.7 Å². The second-order valence-electron chi connectivity index (χ2n) is 8.50. The van der Waals surface area contributed by atoms with Crippen molar-refractivity contribution in [2.24, 2.45) is 0 Å². The molecule has 4 rings (SSSR count). The maximum atomic E-state index is 13.5. The molecule has 0 aliphatic carbocycles. The fraction of sp³-hybridized carbons (Fsp3) is 0.346. The summed E-state index contributed by atoms with van der Waals surface area (Å²) in [7, 11) is 0. The number of hydrogen-bond acceptors (Lipinski definition) is 7. The van der Waals surface area contributed by atoms with Crippen LogP contribution in [-0.2, 0) is 16.1 Å². The van der Waals surface area contributed by atoms with Crippen molar-refractivity contribution in [1.29, 1.82) is 0 Å². The highest BCUT2D eigenvalue weighted by atomic mass is 32.1. The minimum Gasteiger partial charge on any atom is -0.481 e. The Kier molecular flexibility index (Phi) is 8.27. The SMILES string of the molecule is CCCCC(C(=O)N[C@@H](CC(=O)O)c1ccc2c(c1)OCO2)n1cccc(NCc2cccs2)c1=O. The molecule has 1 aliphatic heterocycles. The van der Waals surface area contributed by atoms with E-state index in [9.17, 15) is 19.5 Å². The predicted octanol–water partition coefficient (Wildman–Crippen LogP) is 4.31. The highest BCUT2D eigenvalue weighted by molar-refractivity contribution is 7.09. The minimum absolute atomic E-state index is 0.0909. The number of amides is 1. The maximum Gasteiger partial charge on any atom is 0.305 e. The number of nitrogens with one attached hydrogen (secondary N) is 2. The molecule has 1 amide bonds. The van der Waals surface area contributed by atoms with Gasteiger partial charge in [-0.15, -0.1) is 11.3 Å². The zero-order valence-corrected chi connectivity index (χ0v) is 20.8. The molecular weight excluding hydrogens is 482 g/mol. The quantitative estimate of drug-likeness (QED) is 0.331. The molecule has 1 aromatic carbocycles. The Balaban J connectivity index is 1.58. The first-order valence-electron chi connectivity index (χ1n) is 11.9. The number of carboxylic acids is 1. The van der Waals surface area contributed by atoms with Crippen LogP contribution in [0.2, 0.25) is 0 Å². The van der Waals surface area contributed by atoms with Gasteiger partial charge in [0.2, 0.25) is 12.7 Å². The topological polar surface area (TPSA) is 119 Å². The van der Waals surface area contributed by atoms with Crippen LogP contribution in [0.15, 0.2) is 58.8 Å². The lowest BCUT2D eigenvalue weighted by atomic mass is 10.0. The van der Waals surface area contributed by atoms with E-state index in [1.165, 1.54) is 4.57 Å². The number of aromatic nitrogens is 1. The lowest BCUT2D eigenvalue weighted by Gasteiger charge is -2.24. The van der Waals surface area contributed by atoms with E-state index < -0.39 is 24.0 Å². The summed E-state index contributed by atoms with van der Waals surface area (Å²) in [5.74, 6) is -0.399. The Morgan fingerprint density at radius 3 is 2.75 bits per heavy atom. The number of unbranched alkanes of at least 4 members (excludes halogenated alkanes) is 1. The number of nitrogens with zero attached hydrogens (tertiary/aromatic N) is 1. The third-order valence-corrected chi connectivity index (χ3v) is 6.85. The molecule has 2 aromatic heterocycles. The number of ether oxygens (including phenoxy) is 2. The fourth-order valence-electron chi connectivity index (χ4n) is 4.10. The predicted molar refractivity (Wildman–Crippen MR) is 137 cm³/mol. The summed E-state index contributed by atoms with van der Waals surface area (Å²) in [5, 5.41) is 17.5. The molecule has 9 nitrogen and oxygen atoms in total. The van der Waals surface area contributed by atoms with Crippen molar-refractivity contribution in [3.05, 3.63) is 74.8 Å². The molecule has 0 saturated heterocycles. The molecule has 0 fully saturated rings. The summed E-state index contributed by atoms with van der Waals surface area (Å²) < 4.78 is 12.2. The van der Waals surface area contributed by atoms with Crippen molar-refractivity contribution in [2.45, 2.75) is 51.2 Å². The second kappa shape index (κ2) is 11.8. The average molecular weight is 512 g/mol. The molecule has 36 heavy (non-hydrogen) atoms. The third kappa shape index (κ3) is 6.06. The standard InChI is InChI=1S/C26H29N3O6S/c1-2-3-8-21(29-11-4-7-19(26(29)33)27-15-18-6-5-12-36-18)25(32)28-20(14-24(30)31)17-9-10-22-23(13-17)35-16-34-22/h4-7,9-13,20-21,27H,2-3,8,14-16H2,1H3,(H,28,32)(H,30,31)/t20-,21?/m0/s1. The Labute approximate surface area is 212 Å². The zero-order valence-electron chi connectivity index (χ0n) is 19.9. The van der Waals surface area contributed by atoms with Gasteiger partial charge in [0.1, 0.15) is 11.7 Å². The summed E-state index contributed by atoms with van der Waals surface area (Å²) in [5.41, 5.74) is 0.684. The number of hydrogen-bond donors (Lipinski definition) is 3. The summed E-state index contributed by atoms with van der Waals surface area (Å²) in [4.78, 5) is 39.5. The first kappa shape index (κ1) is 25.3. The van der Waals surface area contributed by atoms with Crippen molar-refractivity contribution in [1.82, 2.24) is 9.88 Å². The van der Waals surface area contributed by atoms with Crippen molar-refractivity contribution in [3.8, 4) is 11.5 Å². The van der Waals surface area contributed by atoms with Gasteiger partial charge in [0.15, 0.2) is 11.5 Å². The normalized spacial score (nSPS) is 13.7. The molecule has 1 unspecified atom stereocenters. The molecule has 190 valence electrons. The Hall–Kier alpha value is -3.79. The molecule has 1 aliphatic rings. The molecule has 0 saturated carbocycles. The first-order chi connectivity index (χ1) is 17.5. The maximum absolute atomic E-state index is 13.5. The number of thiophene rings is 1. The zero-order chi connectivity index (χ0) is 25.5. The largest absolute Gasteiger partial charge is 0.481 e. The number of rotatable bonds is 12. The van der Waals surface area contributed by atoms with Crippen LogP contribution in [0.25, 0.3) is 0 Å². The number of carbonyl (C=O) groups is 2. The molecular formula is C26H29N3O6S. The number of aliphatic carboxylic acids is 1. The highest BCUT2D eigenvalue weighted by Gasteiger charge is 2.27. The average Bonchev–Trinajstić information content (AvgIpc) is 3.55. The summed E-state index contributed by atoms with van der Waals surface area (Å²) in [6, 6.07) is 10.9. The number of anilines is 1. The second-order valence-corrected chi connectivity index (χ2v) is 9.53. The Bertz CT molecular complexity index is 1260. The van der Waals surface area contributed by atoms with E-state index in [0.29, 0.717) is 35.7 Å². The van der Waals surface area contributed by atoms with Crippen LogP contribution >= 0.6 is 11.3 Å². The van der Waals surface area contributed by atoms with Gasteiger partial charge in [-0.2, -0.15) is 0 Å². The molecule has 3 heterocycles. The minimum atomic E-state index is -1.06. The number of benzene rings is 1. The van der Waals surface area contributed by atoms with E-state index in [0.717, 1.165) is 17.7 Å². The highest BCUT2D eigenvalue weighted by Crippen LogP contribution is 2.35. The Morgan fingerprint density at radius 1 is 1.17 bits per heavy atom. The summed E-state index contributed by atoms with van der Waals surface area (Å²) >= 11 is 1.59. The molecule has 3 aromatic rings. The monoisotopic (exact) mass is 511 g/mol. The van der Waals surface area contributed by atoms with E-state index in [-0.39, 0.29) is 18.8 Å². The molecule has 10 heteroatoms. The molecule has 0 bridgehead atoms. The first-order valence-corrected chi connectivity index (χ1v) is 12.7. The van der Waals surface area contributed by atoms with Crippen LogP contribution in [0, 0.1) is 0 Å². The van der Waals surface area contributed by atoms with Crippen molar-refractivity contribution >= 4 is 28.9 Å². The van der Waals surface area contributed by atoms with Gasteiger partial charge in [0, 0.05) is 17.6 Å². The van der Waals surface area contributed by atoms with Crippen LogP contribution in [0.1, 0.15) is 55.1 Å². The van der Waals surface area contributed by atoms with E-state index >= 15 is 0 Å². The van der Waals surface area contributed by atoms with Gasteiger partial charge >= 0.3 is 5.97 Å². The van der Waals surface area contributed by atoms with Crippen molar-refractivity contribution in [3.63, 3.8) is 0 Å². The van der Waals surface area contributed by atoms with Crippen LogP contribution in [0.3, 0.4) is 0 Å². The number of pyridine rings is 1. The van der Waals surface area contributed by atoms with Gasteiger partial charge in [-0.1, -0.05) is 31.9 Å². The van der Waals surface area contributed by atoms with Gasteiger partial charge in [0.05, 0.1) is 12.5 Å². The van der Waals surface area contributed by atoms with Crippen LogP contribution in [0.4, 0.5) is 5.69 Å². The number of fused-ring (bicyclic) bond motifs is 1. The van der Waals surface area contributed by atoms with Gasteiger partial charge in [-0.25, -0.2) is 0 Å². The van der Waals surface area contributed by atoms with Gasteiger partial charge in [-0.05, 0) is 47.7 Å². The molecule has 3 N–H and O–H groups in total. The Morgan fingerprint density at radius 2 is 2.00 bits per heavy atom. The molecule has 0 spiro atoms. The lowest BCUT2D eigenvalue weighted by Crippen LogP contribution is -2.40. The van der Waals surface area contributed by atoms with Crippen molar-refractivity contribution in [2.75, 3.05) is 12.1 Å². The van der Waals surface area contributed by atoms with Gasteiger partial charge in [0.25, 0.3) is 5.56 Å². The number of carbonyl (C=O) groups excluding carboxylic acids is 1. The molecule has 2 atom stereocenters.